The van der Waals surface area contributed by atoms with E-state index >= 15 is 0 Å². The SMILES string of the molecule is [2H]c1c([2H])c([2H])c2c(sc3c([2H])c(-c4nc(-c5ccccc5)nc(-c5ccc6sc7ccccc7c6c5)n4)c([2H])c([2H])c32)c1-c1ccc2sc3ccccc3c2c1. The van der Waals surface area contributed by atoms with Crippen LogP contribution in [0.4, 0.5) is 0 Å². The zero-order valence-corrected chi connectivity index (χ0v) is 29.0. The highest BCUT2D eigenvalue weighted by atomic mass is 32.1. The summed E-state index contributed by atoms with van der Waals surface area (Å²) in [5, 5.41) is 4.90. The first kappa shape index (κ1) is 23.6. The van der Waals surface area contributed by atoms with E-state index in [1.165, 1.54) is 16.0 Å². The Hall–Kier alpha value is -5.79. The monoisotopic (exact) mass is 709 g/mol. The van der Waals surface area contributed by atoms with Crippen LogP contribution < -0.4 is 0 Å². The number of benzene rings is 7. The van der Waals surface area contributed by atoms with Crippen molar-refractivity contribution in [2.75, 3.05) is 0 Å². The van der Waals surface area contributed by atoms with Gasteiger partial charge in [-0.15, -0.1) is 34.0 Å². The van der Waals surface area contributed by atoms with E-state index in [0.29, 0.717) is 32.0 Å². The summed E-state index contributed by atoms with van der Waals surface area (Å²) in [6.45, 7) is 0. The molecular formula is C45H25N3S3. The summed E-state index contributed by atoms with van der Waals surface area (Å²) in [5.41, 5.74) is 2.76. The largest absolute Gasteiger partial charge is 0.208 e. The fourth-order valence-electron chi connectivity index (χ4n) is 6.81. The number of fused-ring (bicyclic) bond motifs is 9. The van der Waals surface area contributed by atoms with Gasteiger partial charge in [0.25, 0.3) is 0 Å². The van der Waals surface area contributed by atoms with Gasteiger partial charge in [0.1, 0.15) is 0 Å². The first-order valence-electron chi connectivity index (χ1n) is 19.4. The van der Waals surface area contributed by atoms with Crippen molar-refractivity contribution in [3.8, 4) is 45.3 Å². The van der Waals surface area contributed by atoms with Gasteiger partial charge in [0.15, 0.2) is 17.5 Å². The second kappa shape index (κ2) is 11.4. The van der Waals surface area contributed by atoms with Crippen molar-refractivity contribution in [1.29, 1.82) is 0 Å². The van der Waals surface area contributed by atoms with Crippen molar-refractivity contribution in [2.45, 2.75) is 0 Å². The molecule has 51 heavy (non-hydrogen) atoms. The number of nitrogens with zero attached hydrogens (tertiary/aromatic N) is 3. The molecule has 0 aliphatic carbocycles. The predicted molar refractivity (Wildman–Crippen MR) is 220 cm³/mol. The lowest BCUT2D eigenvalue weighted by atomic mass is 10.0. The standard InChI is InChI=1S/C45H25N3S3/c1-2-9-26(10-3-1)43-46-44(28-19-22-40-36(24-28)32-12-5-7-16-38(32)50-40)48-45(47-43)29-17-20-33-34-14-8-13-30(42(34)51-41(33)25-29)27-18-21-39-35(23-27)31-11-4-6-15-37(31)49-39/h1-25H/i8D,13D,14D,17D,20D,25D. The summed E-state index contributed by atoms with van der Waals surface area (Å²) in [5.74, 6) is 0.848. The van der Waals surface area contributed by atoms with E-state index in [0.717, 1.165) is 52.3 Å². The topological polar surface area (TPSA) is 38.7 Å². The van der Waals surface area contributed by atoms with E-state index in [4.69, 9.17) is 19.1 Å². The summed E-state index contributed by atoms with van der Waals surface area (Å²) in [4.78, 5) is 14.7. The maximum Gasteiger partial charge on any atom is 0.164 e. The minimum atomic E-state index is -0.265. The molecule has 6 heteroatoms. The number of hydrogen-bond acceptors (Lipinski definition) is 6. The molecule has 11 aromatic rings. The summed E-state index contributed by atoms with van der Waals surface area (Å²) in [7, 11) is 0. The van der Waals surface area contributed by atoms with Gasteiger partial charge in [-0.05, 0) is 59.6 Å². The van der Waals surface area contributed by atoms with E-state index in [-0.39, 0.29) is 53.0 Å². The molecule has 7 aromatic carbocycles. The average molecular weight is 710 g/mol. The molecule has 3 nitrogen and oxygen atoms in total. The molecule has 0 radical (unpaired) electrons. The first-order valence-corrected chi connectivity index (χ1v) is 18.8. The quantitative estimate of drug-likeness (QED) is 0.183. The second-order valence-corrected chi connectivity index (χ2v) is 15.5. The highest BCUT2D eigenvalue weighted by Crippen LogP contribution is 2.43. The fourth-order valence-corrected chi connectivity index (χ4v) is 10.1. The molecule has 0 atom stereocenters. The molecule has 0 aliphatic rings. The van der Waals surface area contributed by atoms with E-state index < -0.39 is 0 Å². The Morgan fingerprint density at radius 1 is 0.392 bits per heavy atom. The Balaban J connectivity index is 1.16. The van der Waals surface area contributed by atoms with Gasteiger partial charge in [0.05, 0.1) is 8.22 Å². The number of aromatic nitrogens is 3. The van der Waals surface area contributed by atoms with Gasteiger partial charge < -0.3 is 0 Å². The van der Waals surface area contributed by atoms with E-state index in [2.05, 4.69) is 36.4 Å². The van der Waals surface area contributed by atoms with Crippen molar-refractivity contribution in [1.82, 2.24) is 15.0 Å². The molecule has 0 aliphatic heterocycles. The summed E-state index contributed by atoms with van der Waals surface area (Å²) >= 11 is 4.62. The Kier molecular flexibility index (Phi) is 5.26. The summed E-state index contributed by atoms with van der Waals surface area (Å²) in [6, 6.07) is 37.0. The third-order valence-electron chi connectivity index (χ3n) is 9.25. The van der Waals surface area contributed by atoms with Gasteiger partial charge in [-0.3, -0.25) is 0 Å². The minimum Gasteiger partial charge on any atom is -0.208 e. The Morgan fingerprint density at radius 2 is 0.980 bits per heavy atom. The van der Waals surface area contributed by atoms with Crippen molar-refractivity contribution in [3.05, 3.63) is 152 Å². The molecule has 11 rings (SSSR count). The molecule has 4 heterocycles. The van der Waals surface area contributed by atoms with Crippen LogP contribution >= 0.6 is 34.0 Å². The molecule has 0 saturated carbocycles. The van der Waals surface area contributed by atoms with Gasteiger partial charge >= 0.3 is 0 Å². The summed E-state index contributed by atoms with van der Waals surface area (Å²) in [6.07, 6.45) is 0. The minimum absolute atomic E-state index is 0.0506. The van der Waals surface area contributed by atoms with Gasteiger partial charge in [-0.25, -0.2) is 15.0 Å². The van der Waals surface area contributed by atoms with Crippen LogP contribution in [0.25, 0.3) is 106 Å². The number of rotatable bonds is 4. The molecule has 238 valence electrons. The van der Waals surface area contributed by atoms with Gasteiger partial charge in [0.2, 0.25) is 0 Å². The molecule has 0 spiro atoms. The van der Waals surface area contributed by atoms with E-state index in [1.807, 2.05) is 78.9 Å². The van der Waals surface area contributed by atoms with Crippen LogP contribution in [0.15, 0.2) is 152 Å². The molecule has 0 bridgehead atoms. The van der Waals surface area contributed by atoms with Crippen LogP contribution in [-0.4, -0.2) is 15.0 Å². The Labute approximate surface area is 313 Å². The second-order valence-electron chi connectivity index (χ2n) is 12.3. The maximum atomic E-state index is 9.66. The van der Waals surface area contributed by atoms with Crippen molar-refractivity contribution < 1.29 is 8.22 Å². The lowest BCUT2D eigenvalue weighted by molar-refractivity contribution is 1.08. The molecule has 0 saturated heterocycles. The molecule has 0 unspecified atom stereocenters. The zero-order valence-electron chi connectivity index (χ0n) is 32.5. The zero-order chi connectivity index (χ0) is 38.7. The Bertz CT molecular complexity index is 3500. The fraction of sp³-hybridized carbons (Fsp3) is 0. The van der Waals surface area contributed by atoms with E-state index in [1.54, 1.807) is 22.7 Å². The van der Waals surface area contributed by atoms with Gasteiger partial charge in [0, 0.05) is 77.2 Å². The lowest BCUT2D eigenvalue weighted by Gasteiger charge is -2.09. The van der Waals surface area contributed by atoms with Crippen LogP contribution in [0.1, 0.15) is 8.22 Å². The van der Waals surface area contributed by atoms with Crippen LogP contribution in [0.3, 0.4) is 0 Å². The summed E-state index contributed by atoms with van der Waals surface area (Å²) < 4.78 is 61.0. The normalized spacial score (nSPS) is 13.6. The smallest absolute Gasteiger partial charge is 0.164 e. The van der Waals surface area contributed by atoms with Gasteiger partial charge in [-0.1, -0.05) is 103 Å². The molecule has 0 amide bonds. The van der Waals surface area contributed by atoms with Crippen LogP contribution in [0, 0.1) is 0 Å². The van der Waals surface area contributed by atoms with Crippen molar-refractivity contribution >= 4 is 94.5 Å². The molecular weight excluding hydrogens is 679 g/mol. The molecule has 0 fully saturated rings. The molecule has 4 aromatic heterocycles. The third-order valence-corrected chi connectivity index (χ3v) is 12.7. The highest BCUT2D eigenvalue weighted by Gasteiger charge is 2.17. The van der Waals surface area contributed by atoms with Crippen LogP contribution in [0.5, 0.6) is 0 Å². The maximum absolute atomic E-state index is 9.66. The number of hydrogen-bond donors (Lipinski definition) is 0. The average Bonchev–Trinajstić information content (AvgIpc) is 3.94. The van der Waals surface area contributed by atoms with Crippen molar-refractivity contribution in [3.63, 3.8) is 0 Å². The third kappa shape index (κ3) is 4.72. The van der Waals surface area contributed by atoms with Crippen LogP contribution in [0.2, 0.25) is 0 Å². The van der Waals surface area contributed by atoms with Crippen LogP contribution in [-0.2, 0) is 0 Å². The van der Waals surface area contributed by atoms with Gasteiger partial charge in [-0.2, -0.15) is 0 Å². The predicted octanol–water partition coefficient (Wildman–Crippen LogP) is 13.6. The highest BCUT2D eigenvalue weighted by molar-refractivity contribution is 7.27. The number of thiophene rings is 3. The van der Waals surface area contributed by atoms with Crippen molar-refractivity contribution in [2.24, 2.45) is 0 Å². The Morgan fingerprint density at radius 3 is 1.71 bits per heavy atom. The van der Waals surface area contributed by atoms with E-state index in [9.17, 15) is 4.11 Å². The first-order chi connectivity index (χ1) is 27.7. The lowest BCUT2D eigenvalue weighted by Crippen LogP contribution is -2.00. The molecule has 0 N–H and O–H groups in total.